The average Bonchev–Trinajstić information content (AvgIpc) is 1.85. The summed E-state index contributed by atoms with van der Waals surface area (Å²) in [5.41, 5.74) is 0. The summed E-state index contributed by atoms with van der Waals surface area (Å²) >= 11 is 0. The molecule has 1 N–H and O–H groups in total. The zero-order valence-electron chi connectivity index (χ0n) is 7.29. The minimum absolute atomic E-state index is 0.0926. The molecule has 0 aromatic rings. The van der Waals surface area contributed by atoms with Crippen molar-refractivity contribution in [1.82, 2.24) is 4.90 Å². The molecule has 0 unspecified atom stereocenters. The molecule has 0 atom stereocenters. The Morgan fingerprint density at radius 1 is 1.64 bits per heavy atom. The molecule has 3 nitrogen and oxygen atoms in total. The Labute approximate surface area is 67.3 Å². The molecule has 11 heavy (non-hydrogen) atoms. The van der Waals surface area contributed by atoms with Gasteiger partial charge in [0.1, 0.15) is 0 Å². The highest BCUT2D eigenvalue weighted by Crippen LogP contribution is 2.12. The maximum Gasteiger partial charge on any atom is 0.218 e. The van der Waals surface area contributed by atoms with Crippen LogP contribution in [0.15, 0.2) is 11.8 Å². The normalized spacial score (nSPS) is 13.5. The van der Waals surface area contributed by atoms with Crippen molar-refractivity contribution in [3.05, 3.63) is 11.8 Å². The van der Waals surface area contributed by atoms with E-state index in [2.05, 4.69) is 0 Å². The molecule has 0 aromatic heterocycles. The molecule has 1 aliphatic rings. The zero-order valence-corrected chi connectivity index (χ0v) is 7.29. The molecule has 3 heteroatoms. The third-order valence-corrected chi connectivity index (χ3v) is 1.41. The van der Waals surface area contributed by atoms with Gasteiger partial charge in [-0.2, -0.15) is 0 Å². The van der Waals surface area contributed by atoms with Crippen LogP contribution >= 0.6 is 0 Å². The van der Waals surface area contributed by atoms with Crippen LogP contribution in [0.1, 0.15) is 19.8 Å². The average molecular weight is 157 g/mol. The van der Waals surface area contributed by atoms with Gasteiger partial charge in [0.25, 0.3) is 0 Å². The van der Waals surface area contributed by atoms with Crippen LogP contribution in [0.4, 0.5) is 0 Å². The Balaban J connectivity index is 0.000000183. The number of allylic oxidation sites excluding steroid dienone is 2. The van der Waals surface area contributed by atoms with Crippen LogP contribution < -0.4 is 0 Å². The number of aliphatic hydroxyl groups excluding tert-OH is 1. The largest absolute Gasteiger partial charge is 0.513 e. The lowest BCUT2D eigenvalue weighted by atomic mass is 10.1. The summed E-state index contributed by atoms with van der Waals surface area (Å²) in [7, 11) is 3.45. The molecule has 0 spiro atoms. The minimum atomic E-state index is 0.0926. The van der Waals surface area contributed by atoms with Gasteiger partial charge in [-0.05, 0) is 12.5 Å². The first-order valence-electron chi connectivity index (χ1n) is 3.60. The van der Waals surface area contributed by atoms with Gasteiger partial charge in [0.05, 0.1) is 5.76 Å². The predicted molar refractivity (Wildman–Crippen MR) is 44.3 cm³/mol. The standard InChI is InChI=1S/C4H9NO.C4H6O/c1-4(6)5(2)3;5-4-2-1-3-4/h1-3H3;2,5H,1,3H2. The molecule has 1 aliphatic carbocycles. The van der Waals surface area contributed by atoms with Crippen LogP contribution in [-0.2, 0) is 4.79 Å². The lowest BCUT2D eigenvalue weighted by molar-refractivity contribution is -0.126. The van der Waals surface area contributed by atoms with Gasteiger partial charge < -0.3 is 10.0 Å². The quantitative estimate of drug-likeness (QED) is 0.576. The first kappa shape index (κ1) is 10.0. The minimum Gasteiger partial charge on any atom is -0.513 e. The number of nitrogens with zero attached hydrogens (tertiary/aromatic N) is 1. The molecule has 0 aromatic carbocycles. The summed E-state index contributed by atoms with van der Waals surface area (Å²) in [6, 6.07) is 0. The van der Waals surface area contributed by atoms with E-state index in [1.807, 2.05) is 6.08 Å². The summed E-state index contributed by atoms with van der Waals surface area (Å²) in [5, 5.41) is 8.31. The van der Waals surface area contributed by atoms with E-state index in [-0.39, 0.29) is 5.91 Å². The van der Waals surface area contributed by atoms with Gasteiger partial charge in [-0.15, -0.1) is 0 Å². The lowest BCUT2D eigenvalue weighted by Crippen LogP contribution is -2.17. The second-order valence-corrected chi connectivity index (χ2v) is 2.65. The van der Waals surface area contributed by atoms with Crippen molar-refractivity contribution in [3.8, 4) is 0 Å². The number of hydrogen-bond donors (Lipinski definition) is 1. The number of rotatable bonds is 0. The Hall–Kier alpha value is -0.990. The number of hydrogen-bond acceptors (Lipinski definition) is 2. The van der Waals surface area contributed by atoms with E-state index < -0.39 is 0 Å². The summed E-state index contributed by atoms with van der Waals surface area (Å²) < 4.78 is 0. The molecule has 1 amide bonds. The van der Waals surface area contributed by atoms with Gasteiger partial charge in [0.2, 0.25) is 5.91 Å². The van der Waals surface area contributed by atoms with Crippen molar-refractivity contribution < 1.29 is 9.90 Å². The van der Waals surface area contributed by atoms with E-state index in [1.165, 1.54) is 11.8 Å². The van der Waals surface area contributed by atoms with Crippen LogP contribution in [0.3, 0.4) is 0 Å². The van der Waals surface area contributed by atoms with E-state index in [1.54, 1.807) is 14.1 Å². The maximum atomic E-state index is 10.1. The summed E-state index contributed by atoms with van der Waals surface area (Å²) in [4.78, 5) is 11.6. The number of carbonyl (C=O) groups is 1. The number of aliphatic hydroxyl groups is 1. The number of amides is 1. The van der Waals surface area contributed by atoms with Gasteiger partial charge in [-0.25, -0.2) is 0 Å². The first-order valence-corrected chi connectivity index (χ1v) is 3.60. The Morgan fingerprint density at radius 3 is 1.91 bits per heavy atom. The molecule has 64 valence electrons. The lowest BCUT2D eigenvalue weighted by Gasteiger charge is -2.03. The molecular weight excluding hydrogens is 142 g/mol. The zero-order chi connectivity index (χ0) is 8.85. The van der Waals surface area contributed by atoms with E-state index >= 15 is 0 Å². The fourth-order valence-corrected chi connectivity index (χ4v) is 0.273. The first-order chi connectivity index (χ1) is 5.04. The smallest absolute Gasteiger partial charge is 0.218 e. The molecule has 0 radical (unpaired) electrons. The van der Waals surface area contributed by atoms with Crippen molar-refractivity contribution >= 4 is 5.91 Å². The van der Waals surface area contributed by atoms with Crippen LogP contribution in [0, 0.1) is 0 Å². The summed E-state index contributed by atoms with van der Waals surface area (Å²) in [6.07, 6.45) is 3.80. The molecule has 0 heterocycles. The second kappa shape index (κ2) is 4.77. The molecule has 0 bridgehead atoms. The van der Waals surface area contributed by atoms with E-state index in [4.69, 9.17) is 5.11 Å². The van der Waals surface area contributed by atoms with Gasteiger partial charge in [0, 0.05) is 27.4 Å². The predicted octanol–water partition coefficient (Wildman–Crippen LogP) is 1.32. The molecule has 0 fully saturated rings. The van der Waals surface area contributed by atoms with Crippen molar-refractivity contribution in [2.24, 2.45) is 0 Å². The van der Waals surface area contributed by atoms with Crippen molar-refractivity contribution in [2.45, 2.75) is 19.8 Å². The van der Waals surface area contributed by atoms with E-state index in [0.29, 0.717) is 5.76 Å². The molecule has 1 rings (SSSR count). The van der Waals surface area contributed by atoms with Crippen molar-refractivity contribution in [1.29, 1.82) is 0 Å². The summed E-state index contributed by atoms with van der Waals surface area (Å²) in [5.74, 6) is 0.653. The van der Waals surface area contributed by atoms with Gasteiger partial charge in [0.15, 0.2) is 0 Å². The third kappa shape index (κ3) is 5.45. The fraction of sp³-hybridized carbons (Fsp3) is 0.625. The topological polar surface area (TPSA) is 40.5 Å². The highest BCUT2D eigenvalue weighted by Gasteiger charge is 1.98. The van der Waals surface area contributed by atoms with Crippen LogP contribution in [-0.4, -0.2) is 30.0 Å². The highest BCUT2D eigenvalue weighted by molar-refractivity contribution is 5.72. The number of carbonyl (C=O) groups excluding carboxylic acids is 1. The van der Waals surface area contributed by atoms with Crippen molar-refractivity contribution in [2.75, 3.05) is 14.1 Å². The van der Waals surface area contributed by atoms with Crippen LogP contribution in [0.2, 0.25) is 0 Å². The van der Waals surface area contributed by atoms with Gasteiger partial charge in [-0.1, -0.05) is 0 Å². The maximum absolute atomic E-state index is 10.1. The molecule has 0 saturated heterocycles. The Bertz CT molecular complexity index is 161. The SMILES string of the molecule is CC(=O)N(C)C.OC1=CCC1. The van der Waals surface area contributed by atoms with Crippen molar-refractivity contribution in [3.63, 3.8) is 0 Å². The highest BCUT2D eigenvalue weighted by atomic mass is 16.3. The summed E-state index contributed by atoms with van der Waals surface area (Å²) in [6.45, 7) is 1.53. The molecule has 0 saturated carbocycles. The van der Waals surface area contributed by atoms with Gasteiger partial charge in [-0.3, -0.25) is 4.79 Å². The molecular formula is C8H15NO2. The Morgan fingerprint density at radius 2 is 1.91 bits per heavy atom. The third-order valence-electron chi connectivity index (χ3n) is 1.41. The van der Waals surface area contributed by atoms with E-state index in [9.17, 15) is 4.79 Å². The van der Waals surface area contributed by atoms with Crippen LogP contribution in [0.25, 0.3) is 0 Å². The second-order valence-electron chi connectivity index (χ2n) is 2.65. The monoisotopic (exact) mass is 157 g/mol. The fourth-order valence-electron chi connectivity index (χ4n) is 0.273. The molecule has 0 aliphatic heterocycles. The Kier molecular flexibility index (Phi) is 4.34. The van der Waals surface area contributed by atoms with Crippen LogP contribution in [0.5, 0.6) is 0 Å². The van der Waals surface area contributed by atoms with Gasteiger partial charge >= 0.3 is 0 Å². The van der Waals surface area contributed by atoms with E-state index in [0.717, 1.165) is 12.8 Å².